The lowest BCUT2D eigenvalue weighted by atomic mass is 10.2. The van der Waals surface area contributed by atoms with E-state index >= 15 is 0 Å². The van der Waals surface area contributed by atoms with Crippen molar-refractivity contribution < 1.29 is 13.9 Å². The molecule has 78 valence electrons. The van der Waals surface area contributed by atoms with Gasteiger partial charge in [-0.3, -0.25) is 0 Å². The zero-order valence-electron chi connectivity index (χ0n) is 8.23. The van der Waals surface area contributed by atoms with Gasteiger partial charge < -0.3 is 9.15 Å². The molecule has 2 aromatic rings. The molecule has 2 rings (SSSR count). The number of esters is 1. The van der Waals surface area contributed by atoms with Crippen LogP contribution in [-0.4, -0.2) is 12.6 Å². The van der Waals surface area contributed by atoms with Crippen LogP contribution in [0.3, 0.4) is 0 Å². The number of hydrogen-bond acceptors (Lipinski definition) is 4. The Labute approximate surface area is 91.3 Å². The van der Waals surface area contributed by atoms with Gasteiger partial charge >= 0.3 is 5.97 Å². The van der Waals surface area contributed by atoms with E-state index < -0.39 is 5.97 Å². The minimum Gasteiger partial charge on any atom is -0.460 e. The number of ether oxygens (including phenoxy) is 1. The van der Waals surface area contributed by atoms with Gasteiger partial charge in [0.1, 0.15) is 0 Å². The number of thiophene rings is 1. The minimum atomic E-state index is -0.411. The first kappa shape index (κ1) is 9.98. The molecule has 0 aliphatic carbocycles. The van der Waals surface area contributed by atoms with Crippen molar-refractivity contribution in [3.8, 4) is 10.4 Å². The highest BCUT2D eigenvalue weighted by molar-refractivity contribution is 7.13. The van der Waals surface area contributed by atoms with Crippen LogP contribution in [-0.2, 0) is 4.74 Å². The summed E-state index contributed by atoms with van der Waals surface area (Å²) in [6.45, 7) is 2.12. The first-order valence-corrected chi connectivity index (χ1v) is 5.49. The van der Waals surface area contributed by atoms with Crippen LogP contribution in [0.15, 0.2) is 34.3 Å². The molecule has 0 atom stereocenters. The molecule has 0 unspecified atom stereocenters. The van der Waals surface area contributed by atoms with Crippen molar-refractivity contribution in [3.05, 3.63) is 35.6 Å². The molecule has 4 heteroatoms. The second-order valence-corrected chi connectivity index (χ2v) is 3.81. The van der Waals surface area contributed by atoms with Gasteiger partial charge in [-0.25, -0.2) is 4.79 Å². The molecular weight excluding hydrogens is 212 g/mol. The number of hydrogen-bond donors (Lipinski definition) is 0. The van der Waals surface area contributed by atoms with Crippen LogP contribution in [0.2, 0.25) is 0 Å². The Morgan fingerprint density at radius 1 is 1.53 bits per heavy atom. The molecule has 2 aromatic heterocycles. The van der Waals surface area contributed by atoms with Crippen molar-refractivity contribution in [1.82, 2.24) is 0 Å². The highest BCUT2D eigenvalue weighted by Crippen LogP contribution is 2.29. The van der Waals surface area contributed by atoms with E-state index in [1.54, 1.807) is 24.3 Å². The third kappa shape index (κ3) is 1.94. The molecule has 0 aliphatic heterocycles. The lowest BCUT2D eigenvalue weighted by Crippen LogP contribution is -2.04. The third-order valence-electron chi connectivity index (χ3n) is 1.91. The summed E-state index contributed by atoms with van der Waals surface area (Å²) in [7, 11) is 0. The van der Waals surface area contributed by atoms with Crippen LogP contribution < -0.4 is 0 Å². The predicted octanol–water partition coefficient (Wildman–Crippen LogP) is 3.18. The molecule has 0 radical (unpaired) electrons. The summed E-state index contributed by atoms with van der Waals surface area (Å²) in [6, 6.07) is 5.65. The smallest absolute Gasteiger partial charge is 0.374 e. The van der Waals surface area contributed by atoms with Crippen molar-refractivity contribution in [2.24, 2.45) is 0 Å². The van der Waals surface area contributed by atoms with E-state index in [1.165, 1.54) is 6.26 Å². The minimum absolute atomic E-state index is 0.277. The second-order valence-electron chi connectivity index (χ2n) is 2.86. The van der Waals surface area contributed by atoms with Crippen LogP contribution >= 0.6 is 11.3 Å². The summed E-state index contributed by atoms with van der Waals surface area (Å²) >= 11 is 1.56. The lowest BCUT2D eigenvalue weighted by Gasteiger charge is -2.00. The van der Waals surface area contributed by atoms with Gasteiger partial charge in [-0.2, -0.15) is 0 Å². The first-order valence-electron chi connectivity index (χ1n) is 4.61. The van der Waals surface area contributed by atoms with E-state index in [4.69, 9.17) is 9.15 Å². The van der Waals surface area contributed by atoms with E-state index in [2.05, 4.69) is 0 Å². The fourth-order valence-electron chi connectivity index (χ4n) is 1.29. The molecule has 2 heterocycles. The number of carbonyl (C=O) groups is 1. The van der Waals surface area contributed by atoms with Crippen LogP contribution in [0.1, 0.15) is 17.5 Å². The van der Waals surface area contributed by atoms with Gasteiger partial charge in [0.05, 0.1) is 12.9 Å². The molecule has 0 saturated heterocycles. The van der Waals surface area contributed by atoms with Crippen LogP contribution in [0.5, 0.6) is 0 Å². The Bertz CT molecular complexity index is 442. The fraction of sp³-hybridized carbons (Fsp3) is 0.182. The maximum absolute atomic E-state index is 11.5. The summed E-state index contributed by atoms with van der Waals surface area (Å²) in [5.74, 6) is -0.134. The molecule has 0 bridgehead atoms. The van der Waals surface area contributed by atoms with Gasteiger partial charge in [-0.1, -0.05) is 6.07 Å². The zero-order chi connectivity index (χ0) is 10.7. The van der Waals surface area contributed by atoms with Crippen molar-refractivity contribution in [3.63, 3.8) is 0 Å². The topological polar surface area (TPSA) is 39.4 Å². The Morgan fingerprint density at radius 2 is 2.40 bits per heavy atom. The van der Waals surface area contributed by atoms with Crippen LogP contribution in [0.4, 0.5) is 0 Å². The molecule has 0 spiro atoms. The first-order chi connectivity index (χ1) is 7.33. The highest BCUT2D eigenvalue weighted by atomic mass is 32.1. The van der Waals surface area contributed by atoms with Crippen molar-refractivity contribution in [1.29, 1.82) is 0 Å². The summed E-state index contributed by atoms with van der Waals surface area (Å²) in [5.41, 5.74) is 0.795. The standard InChI is InChI=1S/C11H10O3S/c1-2-13-11(12)10-8(5-6-14-10)9-4-3-7-15-9/h3-7H,2H2,1H3. The lowest BCUT2D eigenvalue weighted by molar-refractivity contribution is 0.0491. The molecule has 0 N–H and O–H groups in total. The number of rotatable bonds is 3. The summed E-state index contributed by atoms with van der Waals surface area (Å²) in [4.78, 5) is 12.5. The van der Waals surface area contributed by atoms with Gasteiger partial charge in [-0.05, 0) is 24.4 Å². The van der Waals surface area contributed by atoms with E-state index in [1.807, 2.05) is 17.5 Å². The molecule has 0 aromatic carbocycles. The Hall–Kier alpha value is -1.55. The van der Waals surface area contributed by atoms with Gasteiger partial charge in [0, 0.05) is 10.4 Å². The average Bonchev–Trinajstić information content (AvgIpc) is 2.88. The predicted molar refractivity (Wildman–Crippen MR) is 58.0 cm³/mol. The molecule has 0 fully saturated rings. The van der Waals surface area contributed by atoms with Crippen molar-refractivity contribution >= 4 is 17.3 Å². The quantitative estimate of drug-likeness (QED) is 0.749. The molecule has 0 saturated carbocycles. The maximum Gasteiger partial charge on any atom is 0.374 e. The van der Waals surface area contributed by atoms with Gasteiger partial charge in [-0.15, -0.1) is 11.3 Å². The number of carbonyl (C=O) groups excluding carboxylic acids is 1. The normalized spacial score (nSPS) is 10.2. The fourth-order valence-corrected chi connectivity index (χ4v) is 2.04. The van der Waals surface area contributed by atoms with Crippen molar-refractivity contribution in [2.45, 2.75) is 6.92 Å². The molecule has 3 nitrogen and oxygen atoms in total. The summed E-state index contributed by atoms with van der Waals surface area (Å²) in [5, 5.41) is 1.96. The zero-order valence-corrected chi connectivity index (χ0v) is 9.04. The molecule has 0 aliphatic rings. The Balaban J connectivity index is 2.34. The summed E-state index contributed by atoms with van der Waals surface area (Å²) < 4.78 is 10.0. The third-order valence-corrected chi connectivity index (χ3v) is 2.82. The van der Waals surface area contributed by atoms with Crippen molar-refractivity contribution in [2.75, 3.05) is 6.61 Å². The van der Waals surface area contributed by atoms with Gasteiger partial charge in [0.15, 0.2) is 0 Å². The van der Waals surface area contributed by atoms with E-state index in [0.29, 0.717) is 6.61 Å². The molecule has 0 amide bonds. The monoisotopic (exact) mass is 222 g/mol. The van der Waals surface area contributed by atoms with Gasteiger partial charge in [0.2, 0.25) is 5.76 Å². The molecule has 15 heavy (non-hydrogen) atoms. The highest BCUT2D eigenvalue weighted by Gasteiger charge is 2.17. The summed E-state index contributed by atoms with van der Waals surface area (Å²) in [6.07, 6.45) is 1.50. The largest absolute Gasteiger partial charge is 0.460 e. The van der Waals surface area contributed by atoms with E-state index in [0.717, 1.165) is 10.4 Å². The number of furan rings is 1. The molecular formula is C11H10O3S. The maximum atomic E-state index is 11.5. The Morgan fingerprint density at radius 3 is 3.07 bits per heavy atom. The average molecular weight is 222 g/mol. The van der Waals surface area contributed by atoms with Crippen LogP contribution in [0, 0.1) is 0 Å². The Kier molecular flexibility index (Phi) is 2.87. The van der Waals surface area contributed by atoms with E-state index in [-0.39, 0.29) is 5.76 Å². The van der Waals surface area contributed by atoms with E-state index in [9.17, 15) is 4.79 Å². The van der Waals surface area contributed by atoms with Crippen LogP contribution in [0.25, 0.3) is 10.4 Å². The second kappa shape index (κ2) is 4.31. The van der Waals surface area contributed by atoms with Gasteiger partial charge in [0.25, 0.3) is 0 Å². The SMILES string of the molecule is CCOC(=O)c1occc1-c1cccs1.